The van der Waals surface area contributed by atoms with Crippen LogP contribution < -0.4 is 16.0 Å². The smallest absolute Gasteiger partial charge is 0.407 e. The van der Waals surface area contributed by atoms with Gasteiger partial charge in [0.2, 0.25) is 11.8 Å². The topological polar surface area (TPSA) is 183 Å². The first-order chi connectivity index (χ1) is 27.2. The molecule has 302 valence electrons. The molecule has 2 unspecified atom stereocenters. The Bertz CT molecular complexity index is 1800. The van der Waals surface area contributed by atoms with Crippen LogP contribution in [0.1, 0.15) is 125 Å². The van der Waals surface area contributed by atoms with Crippen LogP contribution in [0, 0.1) is 5.92 Å². The van der Waals surface area contributed by atoms with E-state index in [0.29, 0.717) is 13.1 Å². The first-order valence-corrected chi connectivity index (χ1v) is 20.7. The van der Waals surface area contributed by atoms with Gasteiger partial charge in [-0.05, 0) is 99.5 Å². The lowest BCUT2D eigenvalue weighted by atomic mass is 9.51. The maximum Gasteiger partial charge on any atom is 0.407 e. The number of hydrogen-bond acceptors (Lipinski definition) is 8. The largest absolute Gasteiger partial charge is 0.453 e. The number of likely N-dealkylation sites (tertiary alicyclic amines) is 1. The minimum Gasteiger partial charge on any atom is -0.453 e. The second-order valence-corrected chi connectivity index (χ2v) is 16.4. The van der Waals surface area contributed by atoms with Gasteiger partial charge in [-0.25, -0.2) is 19.6 Å². The van der Waals surface area contributed by atoms with Crippen molar-refractivity contribution in [1.82, 2.24) is 40.8 Å². The number of carbonyl (C=O) groups excluding carboxylic acids is 4. The molecule has 0 radical (unpaired) electrons. The quantitative estimate of drug-likeness (QED) is 0.122. The lowest BCUT2D eigenvalue weighted by Gasteiger charge is -2.53. The number of aromatic amines is 2. The summed E-state index contributed by atoms with van der Waals surface area (Å²) in [5, 5.41) is 7.95. The van der Waals surface area contributed by atoms with Crippen LogP contribution in [-0.4, -0.2) is 88.7 Å². The Morgan fingerprint density at radius 3 is 2.18 bits per heavy atom. The fourth-order valence-corrected chi connectivity index (χ4v) is 8.86. The van der Waals surface area contributed by atoms with Gasteiger partial charge in [-0.15, -0.1) is 0 Å². The Morgan fingerprint density at radius 2 is 1.52 bits per heavy atom. The number of nitrogens with one attached hydrogen (secondary N) is 5. The van der Waals surface area contributed by atoms with Gasteiger partial charge >= 0.3 is 12.2 Å². The molecule has 4 amide bonds. The number of methoxy groups -OCH3 is 2. The molecule has 14 nitrogen and oxygen atoms in total. The predicted octanol–water partition coefficient (Wildman–Crippen LogP) is 6.11. The van der Waals surface area contributed by atoms with Crippen LogP contribution in [0.15, 0.2) is 36.7 Å². The number of hydrogen-bond donors (Lipinski definition) is 5. The van der Waals surface area contributed by atoms with Gasteiger partial charge in [-0.3, -0.25) is 9.59 Å². The van der Waals surface area contributed by atoms with E-state index in [0.717, 1.165) is 106 Å². The van der Waals surface area contributed by atoms with Gasteiger partial charge in [0.05, 0.1) is 38.7 Å². The van der Waals surface area contributed by atoms with Crippen molar-refractivity contribution in [1.29, 1.82) is 0 Å². The third-order valence-corrected chi connectivity index (χ3v) is 12.6. The first-order valence-electron chi connectivity index (χ1n) is 20.7. The Kier molecular flexibility index (Phi) is 12.3. The van der Waals surface area contributed by atoms with Gasteiger partial charge < -0.3 is 40.3 Å². The van der Waals surface area contributed by atoms with Gasteiger partial charge in [0.15, 0.2) is 0 Å². The monoisotopic (exact) mass is 770 g/mol. The Morgan fingerprint density at radius 1 is 0.821 bits per heavy atom. The summed E-state index contributed by atoms with van der Waals surface area (Å²) in [6.45, 7) is 1.10. The first kappa shape index (κ1) is 39.4. The lowest BCUT2D eigenvalue weighted by Crippen LogP contribution is -2.49. The number of H-pyrrole nitrogens is 2. The third-order valence-electron chi connectivity index (χ3n) is 12.6. The zero-order chi connectivity index (χ0) is 39.1. The highest BCUT2D eigenvalue weighted by atomic mass is 16.5. The molecule has 3 heterocycles. The van der Waals surface area contributed by atoms with E-state index >= 15 is 0 Å². The highest BCUT2D eigenvalue weighted by Gasteiger charge is 2.51. The molecule has 6 fully saturated rings. The number of unbranched alkanes of at least 4 members (excludes halogenated alkanes) is 1. The van der Waals surface area contributed by atoms with Crippen molar-refractivity contribution in [2.45, 2.75) is 126 Å². The van der Waals surface area contributed by atoms with Gasteiger partial charge in [0, 0.05) is 36.8 Å². The number of amides is 4. The molecule has 3 aromatic rings. The molecule has 5 saturated carbocycles. The Hall–Kier alpha value is -4.88. The Balaban J connectivity index is 0.00000153. The molecule has 5 N–H and O–H groups in total. The fraction of sp³-hybridized carbons (Fsp3) is 0.619. The molecular formula is C42H58N8O6. The van der Waals surface area contributed by atoms with Crippen LogP contribution >= 0.6 is 0 Å². The summed E-state index contributed by atoms with van der Waals surface area (Å²) in [6, 6.07) is 8.38. The molecular weight excluding hydrogens is 713 g/mol. The molecule has 0 spiro atoms. The van der Waals surface area contributed by atoms with E-state index in [9.17, 15) is 19.2 Å². The molecule has 1 saturated heterocycles. The van der Waals surface area contributed by atoms with Gasteiger partial charge in [-0.1, -0.05) is 43.5 Å². The number of nitrogens with zero attached hydrogens (tertiary/aromatic N) is 3. The molecule has 6 aliphatic rings. The van der Waals surface area contributed by atoms with E-state index in [1.54, 1.807) is 0 Å². The van der Waals surface area contributed by atoms with E-state index in [4.69, 9.17) is 9.72 Å². The van der Waals surface area contributed by atoms with E-state index in [2.05, 4.69) is 59.9 Å². The van der Waals surface area contributed by atoms with Gasteiger partial charge in [-0.2, -0.15) is 0 Å². The van der Waals surface area contributed by atoms with E-state index in [1.165, 1.54) is 44.7 Å². The van der Waals surface area contributed by atoms with Crippen LogP contribution in [0.3, 0.4) is 0 Å². The Labute approximate surface area is 329 Å². The standard InChI is InChI=1S/C39H52N8O6.C3H6/c1-52-36(50)43-24-32(48)40-20-4-3-7-31-41-22-28(44-31)25-10-12-27(13-11-25)38-14-17-39(18-15-38,19-16-38)30-23-42-34(45-30)29-6-5-21-47(29)35(49)33(26-8-9-26)46-37(51)53-2;1-2-3-1/h10-13,22-23,26,29,33H,3-9,14-21,24H2,1-2H3,(H,40,48)(H,41,44)(H,42,45)(H,43,50)(H,46,51);1-3H2. The third kappa shape index (κ3) is 9.21. The second-order valence-electron chi connectivity index (χ2n) is 16.4. The summed E-state index contributed by atoms with van der Waals surface area (Å²) in [4.78, 5) is 67.1. The molecule has 56 heavy (non-hydrogen) atoms. The minimum absolute atomic E-state index is 0.0285. The van der Waals surface area contributed by atoms with Crippen molar-refractivity contribution < 1.29 is 28.7 Å². The van der Waals surface area contributed by atoms with Crippen molar-refractivity contribution in [3.8, 4) is 11.3 Å². The highest BCUT2D eigenvalue weighted by molar-refractivity contribution is 5.87. The van der Waals surface area contributed by atoms with Crippen LogP contribution in [0.2, 0.25) is 0 Å². The lowest BCUT2D eigenvalue weighted by molar-refractivity contribution is -0.135. The summed E-state index contributed by atoms with van der Waals surface area (Å²) in [5.74, 6) is 1.69. The van der Waals surface area contributed by atoms with E-state index in [-0.39, 0.29) is 41.1 Å². The molecule has 2 aromatic heterocycles. The number of carbonyl (C=O) groups is 4. The van der Waals surface area contributed by atoms with E-state index in [1.807, 2.05) is 17.3 Å². The summed E-state index contributed by atoms with van der Waals surface area (Å²) < 4.78 is 9.28. The highest BCUT2D eigenvalue weighted by Crippen LogP contribution is 2.58. The summed E-state index contributed by atoms with van der Waals surface area (Å²) in [5.41, 5.74) is 5.00. The molecule has 14 heteroatoms. The summed E-state index contributed by atoms with van der Waals surface area (Å²) in [6.07, 6.45) is 20.1. The maximum absolute atomic E-state index is 13.7. The average molecular weight is 771 g/mol. The van der Waals surface area contributed by atoms with Crippen molar-refractivity contribution in [3.63, 3.8) is 0 Å². The molecule has 1 aromatic carbocycles. The van der Waals surface area contributed by atoms with Crippen LogP contribution in [0.5, 0.6) is 0 Å². The molecule has 9 rings (SSSR count). The van der Waals surface area contributed by atoms with Crippen molar-refractivity contribution >= 4 is 24.0 Å². The van der Waals surface area contributed by atoms with Crippen LogP contribution in [0.4, 0.5) is 9.59 Å². The molecule has 5 aliphatic carbocycles. The number of alkyl carbamates (subject to hydrolysis) is 2. The zero-order valence-corrected chi connectivity index (χ0v) is 32.9. The number of fused-ring (bicyclic) bond motifs is 3. The summed E-state index contributed by atoms with van der Waals surface area (Å²) in [7, 11) is 2.59. The van der Waals surface area contributed by atoms with Crippen LogP contribution in [0.25, 0.3) is 11.3 Å². The zero-order valence-electron chi connectivity index (χ0n) is 32.9. The second kappa shape index (κ2) is 17.5. The number of imidazole rings is 2. The number of aryl methyl sites for hydroxylation is 1. The van der Waals surface area contributed by atoms with E-state index < -0.39 is 18.2 Å². The number of rotatable bonds is 14. The summed E-state index contributed by atoms with van der Waals surface area (Å²) >= 11 is 0. The minimum atomic E-state index is -0.627. The normalized spacial score (nSPS) is 24.0. The van der Waals surface area contributed by atoms with Crippen molar-refractivity contribution in [2.75, 3.05) is 33.9 Å². The maximum atomic E-state index is 13.7. The average Bonchev–Trinajstić information content (AvgIpc) is 4.15. The van der Waals surface area contributed by atoms with Crippen LogP contribution in [-0.2, 0) is 36.3 Å². The molecule has 1 aliphatic heterocycles. The predicted molar refractivity (Wildman–Crippen MR) is 210 cm³/mol. The molecule has 2 bridgehead atoms. The molecule has 2 atom stereocenters. The van der Waals surface area contributed by atoms with Gasteiger partial charge in [0.1, 0.15) is 17.7 Å². The SMILES string of the molecule is C1CC1.COC(=O)NCC(=O)NCCCCc1ncc(-c2ccc(C34CCC(c5cnc(C6CCCN6C(=O)C(NC(=O)OC)C6CC6)[nH]5)(CC3)CC4)cc2)[nH]1. The fourth-order valence-electron chi connectivity index (χ4n) is 8.86. The number of benzene rings is 1. The number of aromatic nitrogens is 4. The van der Waals surface area contributed by atoms with Crippen molar-refractivity contribution in [2.24, 2.45) is 5.92 Å². The number of ether oxygens (including phenoxy) is 2. The van der Waals surface area contributed by atoms with Gasteiger partial charge in [0.25, 0.3) is 0 Å². The van der Waals surface area contributed by atoms with Crippen molar-refractivity contribution in [3.05, 3.63) is 59.6 Å².